The van der Waals surface area contributed by atoms with E-state index in [2.05, 4.69) is 21.3 Å². The van der Waals surface area contributed by atoms with Gasteiger partial charge in [-0.15, -0.1) is 0 Å². The summed E-state index contributed by atoms with van der Waals surface area (Å²) in [7, 11) is 0. The summed E-state index contributed by atoms with van der Waals surface area (Å²) < 4.78 is 0. The van der Waals surface area contributed by atoms with Crippen molar-refractivity contribution in [2.75, 3.05) is 23.3 Å². The molecule has 0 radical (unpaired) electrons. The van der Waals surface area contributed by atoms with Gasteiger partial charge in [0.25, 0.3) is 5.91 Å². The van der Waals surface area contributed by atoms with Gasteiger partial charge in [0.1, 0.15) is 11.8 Å². The lowest BCUT2D eigenvalue weighted by Gasteiger charge is -2.32. The Morgan fingerprint density at radius 1 is 1.38 bits per heavy atom. The van der Waals surface area contributed by atoms with Crippen LogP contribution in [0.4, 0.5) is 11.4 Å². The molecule has 1 saturated heterocycles. The van der Waals surface area contributed by atoms with Crippen LogP contribution in [0.25, 0.3) is 0 Å². The van der Waals surface area contributed by atoms with Gasteiger partial charge in [0.2, 0.25) is 0 Å². The van der Waals surface area contributed by atoms with E-state index in [1.165, 1.54) is 12.3 Å². The van der Waals surface area contributed by atoms with E-state index in [0.717, 1.165) is 5.69 Å². The minimum Gasteiger partial charge on any atom is -0.393 e. The SMILES string of the molecule is N#Cc1cc(NC(=O)c2cc(Cl)c[nH]2)ccc1N1CCC(O)CC1. The Morgan fingerprint density at radius 3 is 2.75 bits per heavy atom. The van der Waals surface area contributed by atoms with Crippen LogP contribution in [0.1, 0.15) is 28.9 Å². The number of nitrogens with zero attached hydrogens (tertiary/aromatic N) is 2. The van der Waals surface area contributed by atoms with Crippen LogP contribution in [0.3, 0.4) is 0 Å². The lowest BCUT2D eigenvalue weighted by Crippen LogP contribution is -2.36. The van der Waals surface area contributed by atoms with Crippen LogP contribution in [0.2, 0.25) is 5.02 Å². The monoisotopic (exact) mass is 344 g/mol. The number of hydrogen-bond donors (Lipinski definition) is 3. The molecule has 24 heavy (non-hydrogen) atoms. The van der Waals surface area contributed by atoms with Crippen molar-refractivity contribution in [3.8, 4) is 6.07 Å². The quantitative estimate of drug-likeness (QED) is 0.798. The lowest BCUT2D eigenvalue weighted by molar-refractivity contribution is 0.102. The number of rotatable bonds is 3. The molecule has 0 atom stereocenters. The number of carbonyl (C=O) groups is 1. The third kappa shape index (κ3) is 3.53. The van der Waals surface area contributed by atoms with Gasteiger partial charge in [-0.05, 0) is 37.1 Å². The zero-order valence-corrected chi connectivity index (χ0v) is 13.7. The van der Waals surface area contributed by atoms with Gasteiger partial charge in [-0.3, -0.25) is 4.79 Å². The molecule has 3 N–H and O–H groups in total. The van der Waals surface area contributed by atoms with E-state index in [1.807, 2.05) is 6.07 Å². The Kier molecular flexibility index (Phi) is 4.74. The number of aromatic amines is 1. The summed E-state index contributed by atoms with van der Waals surface area (Å²) in [6, 6.07) is 8.96. The van der Waals surface area contributed by atoms with Gasteiger partial charge in [0.15, 0.2) is 0 Å². The van der Waals surface area contributed by atoms with Crippen molar-refractivity contribution < 1.29 is 9.90 Å². The normalized spacial score (nSPS) is 15.1. The van der Waals surface area contributed by atoms with E-state index in [9.17, 15) is 15.2 Å². The molecule has 1 aromatic carbocycles. The zero-order chi connectivity index (χ0) is 17.1. The molecule has 0 aliphatic carbocycles. The van der Waals surface area contributed by atoms with Crippen LogP contribution < -0.4 is 10.2 Å². The second-order valence-corrected chi connectivity index (χ2v) is 6.18. The van der Waals surface area contributed by atoms with Crippen LogP contribution in [0, 0.1) is 11.3 Å². The molecule has 0 unspecified atom stereocenters. The molecule has 0 saturated carbocycles. The second-order valence-electron chi connectivity index (χ2n) is 5.75. The average molecular weight is 345 g/mol. The van der Waals surface area contributed by atoms with Crippen LogP contribution >= 0.6 is 11.6 Å². The number of nitrogens with one attached hydrogen (secondary N) is 2. The standard InChI is InChI=1S/C17H17ClN4O2/c18-12-8-15(20-10-12)17(24)21-13-1-2-16(11(7-13)9-19)22-5-3-14(23)4-6-22/h1-2,7-8,10,14,20,23H,3-6H2,(H,21,24). The number of halogens is 1. The minimum atomic E-state index is -0.320. The Hall–Kier alpha value is -2.49. The molecule has 1 aliphatic rings. The highest BCUT2D eigenvalue weighted by Gasteiger charge is 2.20. The molecule has 1 aliphatic heterocycles. The van der Waals surface area contributed by atoms with Crippen molar-refractivity contribution in [1.82, 2.24) is 4.98 Å². The number of H-pyrrole nitrogens is 1. The van der Waals surface area contributed by atoms with E-state index in [0.29, 0.717) is 47.9 Å². The summed E-state index contributed by atoms with van der Waals surface area (Å²) in [5, 5.41) is 22.2. The number of piperidine rings is 1. The molecule has 0 spiro atoms. The fourth-order valence-corrected chi connectivity index (χ4v) is 2.95. The third-order valence-corrected chi connectivity index (χ3v) is 4.29. The first kappa shape index (κ1) is 16.4. The molecular weight excluding hydrogens is 328 g/mol. The maximum Gasteiger partial charge on any atom is 0.272 e. The van der Waals surface area contributed by atoms with Gasteiger partial charge < -0.3 is 20.3 Å². The summed E-state index contributed by atoms with van der Waals surface area (Å²) in [4.78, 5) is 17.0. The van der Waals surface area contributed by atoms with Crippen molar-refractivity contribution in [2.45, 2.75) is 18.9 Å². The summed E-state index contributed by atoms with van der Waals surface area (Å²) in [6.45, 7) is 1.42. The minimum absolute atomic E-state index is 0.266. The second kappa shape index (κ2) is 6.95. The van der Waals surface area contributed by atoms with Gasteiger partial charge in [0.05, 0.1) is 22.4 Å². The number of amides is 1. The number of anilines is 2. The molecule has 2 heterocycles. The van der Waals surface area contributed by atoms with Crippen molar-refractivity contribution in [2.24, 2.45) is 0 Å². The van der Waals surface area contributed by atoms with Crippen molar-refractivity contribution in [3.63, 3.8) is 0 Å². The maximum absolute atomic E-state index is 12.1. The smallest absolute Gasteiger partial charge is 0.272 e. The average Bonchev–Trinajstić information content (AvgIpc) is 3.02. The van der Waals surface area contributed by atoms with E-state index in [-0.39, 0.29) is 12.0 Å². The highest BCUT2D eigenvalue weighted by molar-refractivity contribution is 6.31. The van der Waals surface area contributed by atoms with Gasteiger partial charge in [0, 0.05) is 25.0 Å². The highest BCUT2D eigenvalue weighted by atomic mass is 35.5. The molecule has 7 heteroatoms. The molecule has 1 aromatic heterocycles. The fraction of sp³-hybridized carbons (Fsp3) is 0.294. The summed E-state index contributed by atoms with van der Waals surface area (Å²) in [5.74, 6) is -0.320. The van der Waals surface area contributed by atoms with Crippen LogP contribution in [-0.4, -0.2) is 35.2 Å². The van der Waals surface area contributed by atoms with E-state index < -0.39 is 0 Å². The number of nitriles is 1. The first-order chi connectivity index (χ1) is 11.6. The van der Waals surface area contributed by atoms with E-state index in [4.69, 9.17) is 11.6 Å². The molecule has 1 fully saturated rings. The van der Waals surface area contributed by atoms with Crippen LogP contribution in [0.15, 0.2) is 30.5 Å². The van der Waals surface area contributed by atoms with E-state index in [1.54, 1.807) is 12.1 Å². The summed E-state index contributed by atoms with van der Waals surface area (Å²) in [6.07, 6.45) is 2.65. The number of aliphatic hydroxyl groups is 1. The Bertz CT molecular complexity index is 788. The number of hydrogen-bond acceptors (Lipinski definition) is 4. The Balaban J connectivity index is 1.77. The van der Waals surface area contributed by atoms with Crippen molar-refractivity contribution >= 4 is 28.9 Å². The molecule has 6 nitrogen and oxygen atoms in total. The lowest BCUT2D eigenvalue weighted by atomic mass is 10.0. The predicted molar refractivity (Wildman–Crippen MR) is 92.4 cm³/mol. The van der Waals surface area contributed by atoms with Crippen LogP contribution in [0.5, 0.6) is 0 Å². The molecule has 1 amide bonds. The molecule has 2 aromatic rings. The number of aromatic nitrogens is 1. The van der Waals surface area contributed by atoms with Gasteiger partial charge in [-0.2, -0.15) is 5.26 Å². The van der Waals surface area contributed by atoms with E-state index >= 15 is 0 Å². The van der Waals surface area contributed by atoms with Crippen molar-refractivity contribution in [3.05, 3.63) is 46.7 Å². The third-order valence-electron chi connectivity index (χ3n) is 4.07. The molecule has 124 valence electrons. The van der Waals surface area contributed by atoms with Crippen molar-refractivity contribution in [1.29, 1.82) is 5.26 Å². The van der Waals surface area contributed by atoms with Gasteiger partial charge >= 0.3 is 0 Å². The topological polar surface area (TPSA) is 92.2 Å². The summed E-state index contributed by atoms with van der Waals surface area (Å²) >= 11 is 5.79. The first-order valence-electron chi connectivity index (χ1n) is 7.69. The number of benzene rings is 1. The number of carbonyl (C=O) groups excluding carboxylic acids is 1. The van der Waals surface area contributed by atoms with Gasteiger partial charge in [-0.1, -0.05) is 11.6 Å². The zero-order valence-electron chi connectivity index (χ0n) is 12.9. The molecule has 0 bridgehead atoms. The van der Waals surface area contributed by atoms with Crippen LogP contribution in [-0.2, 0) is 0 Å². The summed E-state index contributed by atoms with van der Waals surface area (Å²) in [5.41, 5.74) is 2.22. The number of aliphatic hydroxyl groups excluding tert-OH is 1. The predicted octanol–water partition coefficient (Wildman–Crippen LogP) is 2.75. The van der Waals surface area contributed by atoms with Gasteiger partial charge in [-0.25, -0.2) is 0 Å². The maximum atomic E-state index is 12.1. The first-order valence-corrected chi connectivity index (χ1v) is 8.07. The largest absolute Gasteiger partial charge is 0.393 e. The Morgan fingerprint density at radius 2 is 2.12 bits per heavy atom. The Labute approximate surface area is 144 Å². The highest BCUT2D eigenvalue weighted by Crippen LogP contribution is 2.27. The molecular formula is C17H17ClN4O2. The fourth-order valence-electron chi connectivity index (χ4n) is 2.78. The molecule has 3 rings (SSSR count).